The van der Waals surface area contributed by atoms with Crippen molar-refractivity contribution in [3.63, 3.8) is 0 Å². The summed E-state index contributed by atoms with van der Waals surface area (Å²) in [6.07, 6.45) is 9.22. The van der Waals surface area contributed by atoms with E-state index in [0.29, 0.717) is 5.92 Å². The zero-order chi connectivity index (χ0) is 18.3. The van der Waals surface area contributed by atoms with Gasteiger partial charge in [-0.25, -0.2) is 0 Å². The molecule has 24 heavy (non-hydrogen) atoms. The van der Waals surface area contributed by atoms with Crippen molar-refractivity contribution in [3.8, 4) is 0 Å². The van der Waals surface area contributed by atoms with E-state index in [-0.39, 0.29) is 12.5 Å². The Labute approximate surface area is 147 Å². The van der Waals surface area contributed by atoms with Crippen molar-refractivity contribution in [3.05, 3.63) is 11.1 Å². The molecule has 1 fully saturated rings. The quantitative estimate of drug-likeness (QED) is 0.639. The minimum absolute atomic E-state index is 0.141. The Morgan fingerprint density at radius 2 is 1.75 bits per heavy atom. The average Bonchev–Trinajstić information content (AvgIpc) is 2.57. The van der Waals surface area contributed by atoms with Gasteiger partial charge in [0.1, 0.15) is 0 Å². The Hall–Kier alpha value is -1.32. The fraction of sp³-hybridized carbons (Fsp3) is 0.800. The summed E-state index contributed by atoms with van der Waals surface area (Å²) in [6.45, 7) is 9.44. The van der Waals surface area contributed by atoms with E-state index < -0.39 is 11.4 Å². The molecule has 0 spiro atoms. The van der Waals surface area contributed by atoms with Crippen LogP contribution in [0.1, 0.15) is 79.6 Å². The van der Waals surface area contributed by atoms with Gasteiger partial charge < -0.3 is 10.4 Å². The number of nitrogens with one attached hydrogen (secondary N) is 1. The van der Waals surface area contributed by atoms with Gasteiger partial charge in [-0.2, -0.15) is 0 Å². The highest BCUT2D eigenvalue weighted by Gasteiger charge is 2.28. The first-order valence-electron chi connectivity index (χ1n) is 9.34. The van der Waals surface area contributed by atoms with Crippen LogP contribution in [0, 0.1) is 17.3 Å². The minimum atomic E-state index is -0.948. The number of rotatable bonds is 8. The molecule has 1 rings (SSSR count). The maximum absolute atomic E-state index is 12.3. The van der Waals surface area contributed by atoms with Gasteiger partial charge in [-0.1, -0.05) is 44.6 Å². The topological polar surface area (TPSA) is 66.4 Å². The molecular weight excluding hydrogens is 302 g/mol. The predicted molar refractivity (Wildman–Crippen MR) is 97.8 cm³/mol. The Kier molecular flexibility index (Phi) is 7.98. The van der Waals surface area contributed by atoms with Gasteiger partial charge >= 0.3 is 5.97 Å². The summed E-state index contributed by atoms with van der Waals surface area (Å²) in [7, 11) is 0. The molecule has 0 saturated heterocycles. The van der Waals surface area contributed by atoms with Crippen molar-refractivity contribution in [1.29, 1.82) is 0 Å². The lowest BCUT2D eigenvalue weighted by atomic mass is 9.83. The SMILES string of the molecule is CC(C(=O)NCC(C)(C)C(=O)O)=C(C)C(C)CCC1CCCCC1. The molecule has 0 bridgehead atoms. The smallest absolute Gasteiger partial charge is 0.310 e. The molecule has 1 aliphatic rings. The maximum Gasteiger partial charge on any atom is 0.310 e. The Morgan fingerprint density at radius 3 is 2.29 bits per heavy atom. The Balaban J connectivity index is 2.52. The molecule has 1 aliphatic carbocycles. The first kappa shape index (κ1) is 20.7. The second kappa shape index (κ2) is 9.24. The first-order valence-corrected chi connectivity index (χ1v) is 9.34. The number of amides is 1. The molecule has 2 N–H and O–H groups in total. The van der Waals surface area contributed by atoms with Crippen molar-refractivity contribution in [2.24, 2.45) is 17.3 Å². The molecule has 0 radical (unpaired) electrons. The van der Waals surface area contributed by atoms with Gasteiger partial charge in [-0.3, -0.25) is 9.59 Å². The number of hydrogen-bond donors (Lipinski definition) is 2. The fourth-order valence-corrected chi connectivity index (χ4v) is 3.24. The summed E-state index contributed by atoms with van der Waals surface area (Å²) in [5.41, 5.74) is 0.903. The summed E-state index contributed by atoms with van der Waals surface area (Å²) < 4.78 is 0. The molecule has 1 atom stereocenters. The number of carbonyl (C=O) groups excluding carboxylic acids is 1. The van der Waals surface area contributed by atoms with Crippen LogP contribution in [0.15, 0.2) is 11.1 Å². The van der Waals surface area contributed by atoms with Crippen molar-refractivity contribution in [1.82, 2.24) is 5.32 Å². The Morgan fingerprint density at radius 1 is 1.17 bits per heavy atom. The van der Waals surface area contributed by atoms with Crippen LogP contribution < -0.4 is 5.32 Å². The van der Waals surface area contributed by atoms with E-state index in [4.69, 9.17) is 5.11 Å². The van der Waals surface area contributed by atoms with E-state index >= 15 is 0 Å². The van der Waals surface area contributed by atoms with E-state index in [0.717, 1.165) is 23.5 Å². The third-order valence-corrected chi connectivity index (χ3v) is 5.67. The van der Waals surface area contributed by atoms with Crippen LogP contribution >= 0.6 is 0 Å². The van der Waals surface area contributed by atoms with Gasteiger partial charge in [0.05, 0.1) is 5.41 Å². The monoisotopic (exact) mass is 337 g/mol. The largest absolute Gasteiger partial charge is 0.481 e. The maximum atomic E-state index is 12.3. The lowest BCUT2D eigenvalue weighted by Gasteiger charge is -2.24. The molecule has 138 valence electrons. The van der Waals surface area contributed by atoms with Gasteiger partial charge in [0, 0.05) is 12.1 Å². The molecule has 4 nitrogen and oxygen atoms in total. The van der Waals surface area contributed by atoms with Crippen molar-refractivity contribution < 1.29 is 14.7 Å². The molecule has 1 unspecified atom stereocenters. The van der Waals surface area contributed by atoms with Gasteiger partial charge in [0.15, 0.2) is 0 Å². The van der Waals surface area contributed by atoms with Gasteiger partial charge in [-0.15, -0.1) is 0 Å². The van der Waals surface area contributed by atoms with Gasteiger partial charge in [-0.05, 0) is 52.4 Å². The van der Waals surface area contributed by atoms with Crippen molar-refractivity contribution in [2.75, 3.05) is 6.54 Å². The zero-order valence-corrected chi connectivity index (χ0v) is 16.1. The number of allylic oxidation sites excluding steroid dienone is 1. The van der Waals surface area contributed by atoms with Crippen LogP contribution in [0.25, 0.3) is 0 Å². The Bertz CT molecular complexity index is 473. The van der Waals surface area contributed by atoms with Gasteiger partial charge in [0.2, 0.25) is 5.91 Å². The lowest BCUT2D eigenvalue weighted by molar-refractivity contribution is -0.146. The molecule has 0 aromatic carbocycles. The molecule has 1 amide bonds. The normalized spacial score (nSPS) is 18.7. The van der Waals surface area contributed by atoms with Crippen molar-refractivity contribution in [2.45, 2.75) is 79.6 Å². The molecule has 0 aromatic heterocycles. The van der Waals surface area contributed by atoms with E-state index in [2.05, 4.69) is 12.2 Å². The highest BCUT2D eigenvalue weighted by atomic mass is 16.4. The number of hydrogen-bond acceptors (Lipinski definition) is 2. The van der Waals surface area contributed by atoms with Crippen LogP contribution in [-0.4, -0.2) is 23.5 Å². The third kappa shape index (κ3) is 6.29. The standard InChI is InChI=1S/C20H35NO3/c1-14(11-12-17-9-7-6-8-10-17)15(2)16(3)18(22)21-13-20(4,5)19(23)24/h14,17H,6-13H2,1-5H3,(H,21,22)(H,23,24). The lowest BCUT2D eigenvalue weighted by Crippen LogP contribution is -2.39. The summed E-state index contributed by atoms with van der Waals surface area (Å²) in [4.78, 5) is 23.4. The first-order chi connectivity index (χ1) is 11.1. The number of carbonyl (C=O) groups is 2. The molecule has 4 heteroatoms. The van der Waals surface area contributed by atoms with E-state index in [1.54, 1.807) is 13.8 Å². The number of carboxylic acids is 1. The molecular formula is C20H35NO3. The second-order valence-corrected chi connectivity index (χ2v) is 8.16. The van der Waals surface area contributed by atoms with Crippen molar-refractivity contribution >= 4 is 11.9 Å². The summed E-state index contributed by atoms with van der Waals surface area (Å²) >= 11 is 0. The summed E-state index contributed by atoms with van der Waals surface area (Å²) in [5.74, 6) is 0.206. The van der Waals surface area contributed by atoms with Crippen LogP contribution in [0.5, 0.6) is 0 Å². The summed E-state index contributed by atoms with van der Waals surface area (Å²) in [5, 5.41) is 11.9. The second-order valence-electron chi connectivity index (χ2n) is 8.16. The highest BCUT2D eigenvalue weighted by molar-refractivity contribution is 5.93. The van der Waals surface area contributed by atoms with Crippen LogP contribution in [0.4, 0.5) is 0 Å². The summed E-state index contributed by atoms with van der Waals surface area (Å²) in [6, 6.07) is 0. The minimum Gasteiger partial charge on any atom is -0.481 e. The highest BCUT2D eigenvalue weighted by Crippen LogP contribution is 2.30. The van der Waals surface area contributed by atoms with Crippen LogP contribution in [0.3, 0.4) is 0 Å². The third-order valence-electron chi connectivity index (χ3n) is 5.67. The number of aliphatic carboxylic acids is 1. The number of carboxylic acid groups (broad SMARTS) is 1. The van der Waals surface area contributed by atoms with E-state index in [9.17, 15) is 9.59 Å². The predicted octanol–water partition coefficient (Wildman–Crippen LogP) is 4.55. The molecule has 1 saturated carbocycles. The van der Waals surface area contributed by atoms with E-state index in [1.165, 1.54) is 38.5 Å². The van der Waals surface area contributed by atoms with Gasteiger partial charge in [0.25, 0.3) is 0 Å². The zero-order valence-electron chi connectivity index (χ0n) is 16.1. The van der Waals surface area contributed by atoms with E-state index in [1.807, 2.05) is 13.8 Å². The fourth-order valence-electron chi connectivity index (χ4n) is 3.24. The van der Waals surface area contributed by atoms with Crippen LogP contribution in [0.2, 0.25) is 0 Å². The van der Waals surface area contributed by atoms with Crippen LogP contribution in [-0.2, 0) is 9.59 Å². The average molecular weight is 338 g/mol. The molecule has 0 aliphatic heterocycles. The molecule has 0 heterocycles. The molecule has 0 aromatic rings.